The Morgan fingerprint density at radius 2 is 1.94 bits per heavy atom. The van der Waals surface area contributed by atoms with Gasteiger partial charge in [-0.3, -0.25) is 4.79 Å². The van der Waals surface area contributed by atoms with E-state index in [0.29, 0.717) is 11.4 Å². The summed E-state index contributed by atoms with van der Waals surface area (Å²) in [6.07, 6.45) is 0.889. The quantitative estimate of drug-likeness (QED) is 0.769. The maximum absolute atomic E-state index is 12.9. The fourth-order valence-corrected chi connectivity index (χ4v) is 1.34. The molecule has 0 radical (unpaired) electrons. The molecule has 2 rings (SSSR count). The van der Waals surface area contributed by atoms with Crippen LogP contribution in [0.2, 0.25) is 5.02 Å². The summed E-state index contributed by atoms with van der Waals surface area (Å²) in [6, 6.07) is 6.41. The highest BCUT2D eigenvalue weighted by atomic mass is 35.5. The first-order valence-electron chi connectivity index (χ1n) is 4.39. The molecule has 0 fully saturated rings. The van der Waals surface area contributed by atoms with Crippen molar-refractivity contribution in [2.45, 2.75) is 0 Å². The summed E-state index contributed by atoms with van der Waals surface area (Å²) in [7, 11) is 0. The highest BCUT2D eigenvalue weighted by molar-refractivity contribution is 6.30. The first-order valence-corrected chi connectivity index (χ1v) is 4.76. The van der Waals surface area contributed by atoms with Crippen LogP contribution in [0.15, 0.2) is 35.3 Å². The molecule has 4 nitrogen and oxygen atoms in total. The van der Waals surface area contributed by atoms with Crippen molar-refractivity contribution in [2.24, 2.45) is 0 Å². The molecule has 0 saturated carbocycles. The molecule has 1 aromatic carbocycles. The Kier molecular flexibility index (Phi) is 2.62. The fraction of sp³-hybridized carbons (Fsp3) is 0. The third-order valence-corrected chi connectivity index (χ3v) is 2.36. The molecular weight excluding hydrogens is 233 g/mol. The van der Waals surface area contributed by atoms with Crippen LogP contribution in [0, 0.1) is 5.82 Å². The third-order valence-electron chi connectivity index (χ3n) is 2.01. The molecule has 0 atom stereocenters. The van der Waals surface area contributed by atoms with Crippen molar-refractivity contribution < 1.29 is 4.39 Å². The van der Waals surface area contributed by atoms with Gasteiger partial charge in [0.1, 0.15) is 5.02 Å². The zero-order chi connectivity index (χ0) is 11.7. The highest BCUT2D eigenvalue weighted by Gasteiger charge is 2.09. The summed E-state index contributed by atoms with van der Waals surface area (Å²) in [5, 5.41) is 3.16. The smallest absolute Gasteiger partial charge is 0.293 e. The van der Waals surface area contributed by atoms with Gasteiger partial charge < -0.3 is 5.73 Å². The number of nitrogens with zero attached hydrogens (tertiary/aromatic N) is 2. The summed E-state index contributed by atoms with van der Waals surface area (Å²) in [5.74, 6) is -0.835. The van der Waals surface area contributed by atoms with Crippen molar-refractivity contribution >= 4 is 17.3 Å². The topological polar surface area (TPSA) is 60.9 Å². The summed E-state index contributed by atoms with van der Waals surface area (Å²) in [4.78, 5) is 11.6. The average molecular weight is 240 g/mol. The SMILES string of the molecule is Nc1ccc(-n2ncc(F)c(Cl)c2=O)cc1. The standard InChI is InChI=1S/C10H7ClFN3O/c11-9-8(12)5-14-15(10(9)16)7-3-1-6(13)2-4-7/h1-5H,13H2. The van der Waals surface area contributed by atoms with Gasteiger partial charge >= 0.3 is 0 Å². The van der Waals surface area contributed by atoms with Crippen LogP contribution < -0.4 is 11.3 Å². The number of nitrogens with two attached hydrogens (primary N) is 1. The number of halogens is 2. The molecule has 1 heterocycles. The summed E-state index contributed by atoms with van der Waals surface area (Å²) >= 11 is 5.49. The van der Waals surface area contributed by atoms with Crippen molar-refractivity contribution in [3.05, 3.63) is 51.7 Å². The van der Waals surface area contributed by atoms with Crippen molar-refractivity contribution in [3.8, 4) is 5.69 Å². The van der Waals surface area contributed by atoms with Crippen molar-refractivity contribution in [1.82, 2.24) is 9.78 Å². The van der Waals surface area contributed by atoms with E-state index in [4.69, 9.17) is 17.3 Å². The van der Waals surface area contributed by atoms with E-state index in [9.17, 15) is 9.18 Å². The Morgan fingerprint density at radius 1 is 1.31 bits per heavy atom. The second kappa shape index (κ2) is 3.94. The number of nitrogen functional groups attached to an aromatic ring is 1. The van der Waals surface area contributed by atoms with E-state index in [1.807, 2.05) is 0 Å². The van der Waals surface area contributed by atoms with E-state index in [2.05, 4.69) is 5.10 Å². The van der Waals surface area contributed by atoms with E-state index < -0.39 is 16.4 Å². The lowest BCUT2D eigenvalue weighted by molar-refractivity contribution is 0.601. The molecule has 6 heteroatoms. The molecular formula is C10H7ClFN3O. The van der Waals surface area contributed by atoms with Gasteiger partial charge in [-0.05, 0) is 24.3 Å². The minimum Gasteiger partial charge on any atom is -0.399 e. The molecule has 0 aliphatic carbocycles. The molecule has 16 heavy (non-hydrogen) atoms. The summed E-state index contributed by atoms with van der Waals surface area (Å²) in [5.41, 5.74) is 5.83. The van der Waals surface area contributed by atoms with Gasteiger partial charge in [0, 0.05) is 5.69 Å². The van der Waals surface area contributed by atoms with Crippen LogP contribution >= 0.6 is 11.6 Å². The van der Waals surface area contributed by atoms with Gasteiger partial charge in [-0.2, -0.15) is 9.78 Å². The van der Waals surface area contributed by atoms with E-state index in [-0.39, 0.29) is 0 Å². The van der Waals surface area contributed by atoms with Crippen LogP contribution in [-0.4, -0.2) is 9.78 Å². The Hall–Kier alpha value is -1.88. The van der Waals surface area contributed by atoms with Crippen LogP contribution in [0.1, 0.15) is 0 Å². The molecule has 0 bridgehead atoms. The van der Waals surface area contributed by atoms with Gasteiger partial charge in [-0.25, -0.2) is 4.39 Å². The molecule has 2 aromatic rings. The van der Waals surface area contributed by atoms with Crippen LogP contribution in [0.3, 0.4) is 0 Å². The van der Waals surface area contributed by atoms with Gasteiger partial charge in [0.25, 0.3) is 5.56 Å². The van der Waals surface area contributed by atoms with Crippen molar-refractivity contribution in [1.29, 1.82) is 0 Å². The normalized spacial score (nSPS) is 10.4. The number of hydrogen-bond donors (Lipinski definition) is 1. The molecule has 0 aliphatic rings. The van der Waals surface area contributed by atoms with E-state index in [1.165, 1.54) is 0 Å². The lowest BCUT2D eigenvalue weighted by Crippen LogP contribution is -2.22. The van der Waals surface area contributed by atoms with Gasteiger partial charge in [0.2, 0.25) is 0 Å². The average Bonchev–Trinajstić information content (AvgIpc) is 2.28. The van der Waals surface area contributed by atoms with Gasteiger partial charge in [-0.1, -0.05) is 11.6 Å². The molecule has 0 unspecified atom stereocenters. The lowest BCUT2D eigenvalue weighted by Gasteiger charge is -2.04. The van der Waals surface area contributed by atoms with Crippen molar-refractivity contribution in [2.75, 3.05) is 5.73 Å². The van der Waals surface area contributed by atoms with E-state index >= 15 is 0 Å². The van der Waals surface area contributed by atoms with Crippen LogP contribution in [0.4, 0.5) is 10.1 Å². The molecule has 2 N–H and O–H groups in total. The molecule has 0 amide bonds. The first kappa shape index (κ1) is 10.6. The minimum atomic E-state index is -0.835. The van der Waals surface area contributed by atoms with Gasteiger partial charge in [0.05, 0.1) is 11.9 Å². The molecule has 82 valence electrons. The second-order valence-corrected chi connectivity index (χ2v) is 3.49. The zero-order valence-corrected chi connectivity index (χ0v) is 8.78. The van der Waals surface area contributed by atoms with Crippen LogP contribution in [0.5, 0.6) is 0 Å². The molecule has 0 aliphatic heterocycles. The number of benzene rings is 1. The highest BCUT2D eigenvalue weighted by Crippen LogP contribution is 2.11. The van der Waals surface area contributed by atoms with E-state index in [0.717, 1.165) is 10.9 Å². The van der Waals surface area contributed by atoms with Gasteiger partial charge in [-0.15, -0.1) is 0 Å². The number of rotatable bonds is 1. The molecule has 1 aromatic heterocycles. The monoisotopic (exact) mass is 239 g/mol. The Morgan fingerprint density at radius 3 is 2.56 bits per heavy atom. The lowest BCUT2D eigenvalue weighted by atomic mass is 10.3. The largest absolute Gasteiger partial charge is 0.399 e. The number of anilines is 1. The summed E-state index contributed by atoms with van der Waals surface area (Å²) in [6.45, 7) is 0. The zero-order valence-electron chi connectivity index (χ0n) is 8.02. The fourth-order valence-electron chi connectivity index (χ4n) is 1.21. The van der Waals surface area contributed by atoms with Crippen LogP contribution in [-0.2, 0) is 0 Å². The number of aromatic nitrogens is 2. The maximum atomic E-state index is 12.9. The Labute approximate surface area is 95.1 Å². The predicted octanol–water partition coefficient (Wildman–Crippen LogP) is 1.61. The Balaban J connectivity index is 2.61. The molecule has 0 saturated heterocycles. The van der Waals surface area contributed by atoms with Crippen LogP contribution in [0.25, 0.3) is 5.69 Å². The Bertz CT molecular complexity index is 580. The van der Waals surface area contributed by atoms with Gasteiger partial charge in [0.15, 0.2) is 5.82 Å². The van der Waals surface area contributed by atoms with Crippen molar-refractivity contribution in [3.63, 3.8) is 0 Å². The first-order chi connectivity index (χ1) is 7.59. The summed E-state index contributed by atoms with van der Waals surface area (Å²) < 4.78 is 13.9. The van der Waals surface area contributed by atoms with E-state index in [1.54, 1.807) is 24.3 Å². The maximum Gasteiger partial charge on any atom is 0.293 e. The minimum absolute atomic E-state index is 0.473. The molecule has 0 spiro atoms. The predicted molar refractivity (Wildman–Crippen MR) is 59.2 cm³/mol. The third kappa shape index (κ3) is 1.77. The number of hydrogen-bond acceptors (Lipinski definition) is 3. The second-order valence-electron chi connectivity index (χ2n) is 3.11.